The summed E-state index contributed by atoms with van der Waals surface area (Å²) in [4.78, 5) is 11.5. The summed E-state index contributed by atoms with van der Waals surface area (Å²) in [5.74, 6) is -0.135. The lowest BCUT2D eigenvalue weighted by molar-refractivity contribution is -0.154. The number of rotatable bonds is 10. The van der Waals surface area contributed by atoms with Gasteiger partial charge in [0.25, 0.3) is 0 Å². The Bertz CT molecular complexity index is 1180. The molecule has 0 saturated heterocycles. The highest BCUT2D eigenvalue weighted by molar-refractivity contribution is 7.86. The summed E-state index contributed by atoms with van der Waals surface area (Å²) in [6.45, 7) is 4.14. The molecule has 0 fully saturated rings. The number of hydrogen-bond donors (Lipinski definition) is 1. The monoisotopic (exact) mass is 445 g/mol. The highest BCUT2D eigenvalue weighted by Crippen LogP contribution is 2.25. The first-order valence-corrected chi connectivity index (χ1v) is 11.9. The van der Waals surface area contributed by atoms with Gasteiger partial charge in [-0.1, -0.05) is 19.1 Å². The molecule has 0 aliphatic heterocycles. The minimum Gasteiger partial charge on any atom is -0.478 e. The van der Waals surface area contributed by atoms with Gasteiger partial charge in [-0.3, -0.25) is 0 Å². The number of hydrogen-bond acceptors (Lipinski definition) is 5. The van der Waals surface area contributed by atoms with Crippen LogP contribution in [0, 0.1) is 0 Å². The van der Waals surface area contributed by atoms with E-state index in [4.69, 9.17) is 8.92 Å². The molecular formula is C23H27NO6S. The first-order valence-electron chi connectivity index (χ1n) is 10.1. The van der Waals surface area contributed by atoms with Crippen LogP contribution in [0.5, 0.6) is 11.5 Å². The Morgan fingerprint density at radius 3 is 2.58 bits per heavy atom. The van der Waals surface area contributed by atoms with E-state index in [0.29, 0.717) is 17.9 Å². The van der Waals surface area contributed by atoms with Gasteiger partial charge in [0.2, 0.25) is 5.60 Å². The molecule has 0 saturated carbocycles. The minimum absolute atomic E-state index is 0.296. The molecule has 1 heterocycles. The number of nitrogens with zero attached hydrogens (tertiary/aromatic N) is 1. The SMILES string of the molecule is CC[C@](C)(Oc1cccc(CCCn2ccc3cc(OS(C)(=O)=O)ccc32)c1)C(=O)O. The van der Waals surface area contributed by atoms with Crippen LogP contribution in [0.1, 0.15) is 32.3 Å². The van der Waals surface area contributed by atoms with Crippen molar-refractivity contribution in [1.29, 1.82) is 0 Å². The van der Waals surface area contributed by atoms with E-state index in [2.05, 4.69) is 4.57 Å². The van der Waals surface area contributed by atoms with Crippen molar-refractivity contribution < 1.29 is 27.2 Å². The van der Waals surface area contributed by atoms with Crippen LogP contribution in [0.2, 0.25) is 0 Å². The van der Waals surface area contributed by atoms with E-state index in [-0.39, 0.29) is 0 Å². The zero-order chi connectivity index (χ0) is 22.6. The summed E-state index contributed by atoms with van der Waals surface area (Å²) in [6.07, 6.45) is 5.03. The largest absolute Gasteiger partial charge is 0.478 e. The highest BCUT2D eigenvalue weighted by Gasteiger charge is 2.33. The molecule has 0 unspecified atom stereocenters. The first kappa shape index (κ1) is 22.7. The molecule has 1 N–H and O–H groups in total. The highest BCUT2D eigenvalue weighted by atomic mass is 32.2. The van der Waals surface area contributed by atoms with Gasteiger partial charge in [0.15, 0.2) is 0 Å². The van der Waals surface area contributed by atoms with Crippen LogP contribution in [0.25, 0.3) is 10.9 Å². The van der Waals surface area contributed by atoms with Crippen LogP contribution in [-0.4, -0.2) is 35.9 Å². The summed E-state index contributed by atoms with van der Waals surface area (Å²) in [5, 5.41) is 10.3. The maximum absolute atomic E-state index is 11.5. The van der Waals surface area contributed by atoms with Crippen molar-refractivity contribution in [3.8, 4) is 11.5 Å². The fourth-order valence-corrected chi connectivity index (χ4v) is 3.80. The zero-order valence-electron chi connectivity index (χ0n) is 17.9. The van der Waals surface area contributed by atoms with Gasteiger partial charge in [0, 0.05) is 23.6 Å². The number of aromatic nitrogens is 1. The molecule has 0 radical (unpaired) electrons. The van der Waals surface area contributed by atoms with Crippen LogP contribution in [-0.2, 0) is 27.9 Å². The van der Waals surface area contributed by atoms with E-state index in [1.165, 1.54) is 0 Å². The smallest absolute Gasteiger partial charge is 0.347 e. The fraction of sp³-hybridized carbons (Fsp3) is 0.348. The molecule has 8 heteroatoms. The van der Waals surface area contributed by atoms with Gasteiger partial charge in [-0.05, 0) is 68.1 Å². The second-order valence-electron chi connectivity index (χ2n) is 7.76. The molecule has 31 heavy (non-hydrogen) atoms. The number of aliphatic carboxylic acids is 1. The molecule has 1 atom stereocenters. The molecule has 0 bridgehead atoms. The van der Waals surface area contributed by atoms with Gasteiger partial charge in [0.1, 0.15) is 11.5 Å². The third-order valence-corrected chi connectivity index (χ3v) is 5.72. The van der Waals surface area contributed by atoms with Crippen molar-refractivity contribution in [2.75, 3.05) is 6.26 Å². The fourth-order valence-electron chi connectivity index (χ4n) is 3.35. The third kappa shape index (κ3) is 5.79. The molecule has 7 nitrogen and oxygen atoms in total. The van der Waals surface area contributed by atoms with E-state index in [1.54, 1.807) is 32.0 Å². The van der Waals surface area contributed by atoms with Gasteiger partial charge < -0.3 is 18.6 Å². The first-order chi connectivity index (χ1) is 14.6. The van der Waals surface area contributed by atoms with E-state index in [0.717, 1.165) is 42.1 Å². The lowest BCUT2D eigenvalue weighted by Crippen LogP contribution is -2.40. The second kappa shape index (κ2) is 9.01. The number of ether oxygens (including phenoxy) is 1. The number of aryl methyl sites for hydroxylation is 2. The third-order valence-electron chi connectivity index (χ3n) is 5.22. The lowest BCUT2D eigenvalue weighted by atomic mass is 10.0. The van der Waals surface area contributed by atoms with Crippen LogP contribution < -0.4 is 8.92 Å². The Kier molecular flexibility index (Phi) is 6.59. The summed E-state index contributed by atoms with van der Waals surface area (Å²) >= 11 is 0. The topological polar surface area (TPSA) is 94.8 Å². The van der Waals surface area contributed by atoms with E-state index < -0.39 is 21.7 Å². The predicted molar refractivity (Wildman–Crippen MR) is 119 cm³/mol. The predicted octanol–water partition coefficient (Wildman–Crippen LogP) is 4.24. The van der Waals surface area contributed by atoms with Crippen molar-refractivity contribution in [2.45, 2.75) is 45.3 Å². The van der Waals surface area contributed by atoms with Crippen molar-refractivity contribution in [3.05, 3.63) is 60.3 Å². The standard InChI is InChI=1S/C23H27NO6S/c1-4-23(2,22(25)26)29-19-9-5-7-17(15-19)8-6-13-24-14-12-18-16-20(10-11-21(18)24)30-31(3,27)28/h5,7,9-12,14-16H,4,6,8,13H2,1-3H3,(H,25,26)/t23-/m0/s1. The normalized spacial score (nSPS) is 13.6. The van der Waals surface area contributed by atoms with Crippen LogP contribution in [0.4, 0.5) is 0 Å². The molecule has 3 aromatic rings. The van der Waals surface area contributed by atoms with Crippen molar-refractivity contribution in [2.24, 2.45) is 0 Å². The summed E-state index contributed by atoms with van der Waals surface area (Å²) in [5.41, 5.74) is 0.822. The zero-order valence-corrected chi connectivity index (χ0v) is 18.7. The van der Waals surface area contributed by atoms with Crippen molar-refractivity contribution in [3.63, 3.8) is 0 Å². The van der Waals surface area contributed by atoms with Crippen LogP contribution >= 0.6 is 0 Å². The van der Waals surface area contributed by atoms with Gasteiger partial charge in [-0.2, -0.15) is 8.42 Å². The molecule has 0 aliphatic carbocycles. The van der Waals surface area contributed by atoms with E-state index in [9.17, 15) is 18.3 Å². The molecule has 166 valence electrons. The van der Waals surface area contributed by atoms with Crippen molar-refractivity contribution in [1.82, 2.24) is 4.57 Å². The summed E-state index contributed by atoms with van der Waals surface area (Å²) in [7, 11) is -3.56. The van der Waals surface area contributed by atoms with Crippen LogP contribution in [0.3, 0.4) is 0 Å². The number of carboxylic acids is 1. The number of carbonyl (C=O) groups is 1. The lowest BCUT2D eigenvalue weighted by Gasteiger charge is -2.25. The van der Waals surface area contributed by atoms with Gasteiger partial charge >= 0.3 is 16.1 Å². The van der Waals surface area contributed by atoms with Gasteiger partial charge in [-0.25, -0.2) is 4.79 Å². The quantitative estimate of drug-likeness (QED) is 0.469. The molecule has 1 aromatic heterocycles. The average molecular weight is 446 g/mol. The molecule has 0 amide bonds. The maximum atomic E-state index is 11.5. The van der Waals surface area contributed by atoms with E-state index in [1.807, 2.05) is 36.5 Å². The second-order valence-corrected chi connectivity index (χ2v) is 9.33. The molecular weight excluding hydrogens is 418 g/mol. The van der Waals surface area contributed by atoms with Crippen molar-refractivity contribution >= 4 is 27.0 Å². The molecule has 2 aromatic carbocycles. The molecule has 3 rings (SSSR count). The maximum Gasteiger partial charge on any atom is 0.347 e. The van der Waals surface area contributed by atoms with Crippen LogP contribution in [0.15, 0.2) is 54.7 Å². The number of carboxylic acid groups (broad SMARTS) is 1. The average Bonchev–Trinajstić information content (AvgIpc) is 3.09. The Labute approximate surface area is 182 Å². The van der Waals surface area contributed by atoms with Gasteiger partial charge in [-0.15, -0.1) is 0 Å². The van der Waals surface area contributed by atoms with Gasteiger partial charge in [0.05, 0.1) is 6.26 Å². The number of benzene rings is 2. The Balaban J connectivity index is 1.64. The number of fused-ring (bicyclic) bond motifs is 1. The summed E-state index contributed by atoms with van der Waals surface area (Å²) < 4.78 is 35.4. The summed E-state index contributed by atoms with van der Waals surface area (Å²) in [6, 6.07) is 14.7. The Hall–Kier alpha value is -3.00. The molecule has 0 aliphatic rings. The Morgan fingerprint density at radius 2 is 1.90 bits per heavy atom. The van der Waals surface area contributed by atoms with E-state index >= 15 is 0 Å². The minimum atomic E-state index is -3.56. The Morgan fingerprint density at radius 1 is 1.13 bits per heavy atom. The molecule has 0 spiro atoms.